The van der Waals surface area contributed by atoms with E-state index in [-0.39, 0.29) is 11.9 Å². The molecule has 1 atom stereocenters. The van der Waals surface area contributed by atoms with Gasteiger partial charge in [-0.25, -0.2) is 9.18 Å². The monoisotopic (exact) mass is 253 g/mol. The van der Waals surface area contributed by atoms with E-state index in [1.54, 1.807) is 12.1 Å². The zero-order valence-corrected chi connectivity index (χ0v) is 10.1. The molecule has 0 saturated carbocycles. The maximum Gasteiger partial charge on any atom is 0.407 e. The van der Waals surface area contributed by atoms with E-state index in [0.717, 1.165) is 0 Å². The number of benzene rings is 1. The third-order valence-electron chi connectivity index (χ3n) is 3.19. The van der Waals surface area contributed by atoms with E-state index >= 15 is 0 Å². The van der Waals surface area contributed by atoms with Crippen LogP contribution < -0.4 is 10.6 Å². The zero-order valence-electron chi connectivity index (χ0n) is 10.1. The highest BCUT2D eigenvalue weighted by molar-refractivity contribution is 5.66. The molecule has 0 aliphatic carbocycles. The summed E-state index contributed by atoms with van der Waals surface area (Å²) in [6.07, 6.45) is -0.931. The van der Waals surface area contributed by atoms with Gasteiger partial charge in [-0.3, -0.25) is 0 Å². The molecule has 6 heteroatoms. The normalized spacial score (nSPS) is 20.0. The summed E-state index contributed by atoms with van der Waals surface area (Å²) in [5, 5.41) is 8.97. The largest absolute Gasteiger partial charge is 0.465 e. The highest BCUT2D eigenvalue weighted by Gasteiger charge is 2.28. The van der Waals surface area contributed by atoms with Crippen LogP contribution in [0, 0.1) is 5.82 Å². The maximum atomic E-state index is 13.8. The Hall–Kier alpha value is -1.98. The highest BCUT2D eigenvalue weighted by Crippen LogP contribution is 2.24. The lowest BCUT2D eigenvalue weighted by atomic mass is 10.1. The van der Waals surface area contributed by atoms with Gasteiger partial charge < -0.3 is 20.6 Å². The second kappa shape index (κ2) is 4.72. The number of carboxylic acid groups (broad SMARTS) is 1. The molecule has 1 unspecified atom stereocenters. The number of rotatable bonds is 1. The fourth-order valence-corrected chi connectivity index (χ4v) is 2.24. The van der Waals surface area contributed by atoms with E-state index < -0.39 is 6.09 Å². The number of amides is 1. The van der Waals surface area contributed by atoms with Crippen LogP contribution in [0.15, 0.2) is 18.2 Å². The number of piperazine rings is 1. The number of hydrogen-bond donors (Lipinski definition) is 2. The van der Waals surface area contributed by atoms with Crippen molar-refractivity contribution in [1.29, 1.82) is 0 Å². The molecule has 0 bridgehead atoms. The van der Waals surface area contributed by atoms with Gasteiger partial charge in [0.2, 0.25) is 0 Å². The molecule has 1 saturated heterocycles. The van der Waals surface area contributed by atoms with Gasteiger partial charge in [-0.15, -0.1) is 0 Å². The first kappa shape index (κ1) is 12.5. The second-order valence-electron chi connectivity index (χ2n) is 4.48. The lowest BCUT2D eigenvalue weighted by Gasteiger charge is -2.39. The molecule has 1 aromatic rings. The molecule has 1 fully saturated rings. The fourth-order valence-electron chi connectivity index (χ4n) is 2.24. The lowest BCUT2D eigenvalue weighted by Crippen LogP contribution is -2.53. The molecule has 5 nitrogen and oxygen atoms in total. The molecule has 1 aliphatic rings. The summed E-state index contributed by atoms with van der Waals surface area (Å²) >= 11 is 0. The van der Waals surface area contributed by atoms with Crippen molar-refractivity contribution in [1.82, 2.24) is 4.90 Å². The molecular formula is C12H16FN3O2. The summed E-state index contributed by atoms with van der Waals surface area (Å²) in [5.74, 6) is -0.369. The number of halogens is 1. The Morgan fingerprint density at radius 1 is 1.50 bits per heavy atom. The highest BCUT2D eigenvalue weighted by atomic mass is 19.1. The molecule has 1 aliphatic heterocycles. The quantitative estimate of drug-likeness (QED) is 0.746. The average Bonchev–Trinajstić information content (AvgIpc) is 2.28. The van der Waals surface area contributed by atoms with Crippen LogP contribution in [0.3, 0.4) is 0 Å². The standard InChI is InChI=1S/C12H16FN3O2/c1-8-7-15(4-5-16(8)12(17)18)11-3-2-9(14)6-10(11)13/h2-3,6,8H,4-5,7,14H2,1H3,(H,17,18). The summed E-state index contributed by atoms with van der Waals surface area (Å²) in [4.78, 5) is 14.1. The van der Waals surface area contributed by atoms with Gasteiger partial charge in [0.1, 0.15) is 5.82 Å². The third-order valence-corrected chi connectivity index (χ3v) is 3.19. The third kappa shape index (κ3) is 2.32. The van der Waals surface area contributed by atoms with E-state index in [1.165, 1.54) is 11.0 Å². The molecule has 2 rings (SSSR count). The van der Waals surface area contributed by atoms with Crippen molar-refractivity contribution in [2.45, 2.75) is 13.0 Å². The van der Waals surface area contributed by atoms with Crippen molar-refractivity contribution in [3.05, 3.63) is 24.0 Å². The summed E-state index contributed by atoms with van der Waals surface area (Å²) < 4.78 is 13.8. The Morgan fingerprint density at radius 3 is 2.78 bits per heavy atom. The van der Waals surface area contributed by atoms with Gasteiger partial charge in [0.05, 0.1) is 5.69 Å². The van der Waals surface area contributed by atoms with Crippen LogP contribution in [-0.2, 0) is 0 Å². The zero-order chi connectivity index (χ0) is 13.3. The Labute approximate surface area is 105 Å². The van der Waals surface area contributed by atoms with Crippen molar-refractivity contribution in [2.75, 3.05) is 30.3 Å². The minimum Gasteiger partial charge on any atom is -0.465 e. The van der Waals surface area contributed by atoms with Gasteiger partial charge >= 0.3 is 6.09 Å². The van der Waals surface area contributed by atoms with E-state index in [9.17, 15) is 9.18 Å². The van der Waals surface area contributed by atoms with Gasteiger partial charge in [0.25, 0.3) is 0 Å². The van der Waals surface area contributed by atoms with Crippen LogP contribution in [0.1, 0.15) is 6.92 Å². The molecule has 18 heavy (non-hydrogen) atoms. The van der Waals surface area contributed by atoms with Crippen LogP contribution in [0.4, 0.5) is 20.6 Å². The van der Waals surface area contributed by atoms with E-state index in [1.807, 2.05) is 11.8 Å². The predicted molar refractivity (Wildman–Crippen MR) is 67.2 cm³/mol. The van der Waals surface area contributed by atoms with E-state index in [0.29, 0.717) is 31.0 Å². The van der Waals surface area contributed by atoms with E-state index in [2.05, 4.69) is 0 Å². The van der Waals surface area contributed by atoms with Gasteiger partial charge in [-0.2, -0.15) is 0 Å². The number of hydrogen-bond acceptors (Lipinski definition) is 3. The maximum absolute atomic E-state index is 13.8. The number of nitrogens with zero attached hydrogens (tertiary/aromatic N) is 2. The lowest BCUT2D eigenvalue weighted by molar-refractivity contribution is 0.122. The van der Waals surface area contributed by atoms with Crippen LogP contribution in [-0.4, -0.2) is 41.8 Å². The molecule has 0 spiro atoms. The number of anilines is 2. The molecule has 1 aromatic carbocycles. The minimum absolute atomic E-state index is 0.159. The minimum atomic E-state index is -0.931. The van der Waals surface area contributed by atoms with Crippen molar-refractivity contribution < 1.29 is 14.3 Å². The number of nitrogens with two attached hydrogens (primary N) is 1. The van der Waals surface area contributed by atoms with Crippen molar-refractivity contribution in [2.24, 2.45) is 0 Å². The summed E-state index contributed by atoms with van der Waals surface area (Å²) in [6, 6.07) is 4.40. The molecule has 0 aromatic heterocycles. The van der Waals surface area contributed by atoms with Crippen LogP contribution in [0.5, 0.6) is 0 Å². The Bertz CT molecular complexity index is 467. The summed E-state index contributed by atoms with van der Waals surface area (Å²) in [7, 11) is 0. The molecular weight excluding hydrogens is 237 g/mol. The van der Waals surface area contributed by atoms with Crippen molar-refractivity contribution >= 4 is 17.5 Å². The molecule has 98 valence electrons. The Morgan fingerprint density at radius 2 is 2.22 bits per heavy atom. The summed E-state index contributed by atoms with van der Waals surface area (Å²) in [6.45, 7) is 3.15. The van der Waals surface area contributed by atoms with Gasteiger partial charge in [-0.05, 0) is 25.1 Å². The second-order valence-corrected chi connectivity index (χ2v) is 4.48. The van der Waals surface area contributed by atoms with Gasteiger partial charge in [-0.1, -0.05) is 0 Å². The van der Waals surface area contributed by atoms with Gasteiger partial charge in [0.15, 0.2) is 0 Å². The van der Waals surface area contributed by atoms with Crippen LogP contribution in [0.25, 0.3) is 0 Å². The SMILES string of the molecule is CC1CN(c2ccc(N)cc2F)CCN1C(=O)O. The topological polar surface area (TPSA) is 69.8 Å². The fraction of sp³-hybridized carbons (Fsp3) is 0.417. The first-order valence-corrected chi connectivity index (χ1v) is 5.78. The number of carbonyl (C=O) groups is 1. The average molecular weight is 253 g/mol. The van der Waals surface area contributed by atoms with Crippen LogP contribution >= 0.6 is 0 Å². The molecule has 0 radical (unpaired) electrons. The Balaban J connectivity index is 2.15. The van der Waals surface area contributed by atoms with Crippen LogP contribution in [0.2, 0.25) is 0 Å². The predicted octanol–water partition coefficient (Wildman–Crippen LogP) is 1.60. The number of nitrogen functional groups attached to an aromatic ring is 1. The molecule has 3 N–H and O–H groups in total. The van der Waals surface area contributed by atoms with Crippen molar-refractivity contribution in [3.8, 4) is 0 Å². The molecule has 1 amide bonds. The van der Waals surface area contributed by atoms with Gasteiger partial charge in [0, 0.05) is 31.4 Å². The summed E-state index contributed by atoms with van der Waals surface area (Å²) in [5.41, 5.74) is 6.36. The Kier molecular flexibility index (Phi) is 3.27. The smallest absolute Gasteiger partial charge is 0.407 e. The first-order chi connectivity index (χ1) is 8.49. The van der Waals surface area contributed by atoms with Crippen molar-refractivity contribution in [3.63, 3.8) is 0 Å². The molecule has 1 heterocycles. The first-order valence-electron chi connectivity index (χ1n) is 5.78. The van der Waals surface area contributed by atoms with E-state index in [4.69, 9.17) is 10.8 Å².